The van der Waals surface area contributed by atoms with E-state index in [0.29, 0.717) is 5.82 Å². The zero-order valence-corrected chi connectivity index (χ0v) is 33.9. The summed E-state index contributed by atoms with van der Waals surface area (Å²) in [6.45, 7) is 4.72. The maximum Gasteiger partial charge on any atom is 0.160 e. The zero-order chi connectivity index (χ0) is 40.7. The molecule has 0 bridgehead atoms. The minimum absolute atomic E-state index is 0.203. The Bertz CT molecular complexity index is 3510. The summed E-state index contributed by atoms with van der Waals surface area (Å²) >= 11 is 0. The number of fused-ring (bicyclic) bond motifs is 8. The molecule has 0 unspecified atom stereocenters. The van der Waals surface area contributed by atoms with Gasteiger partial charge in [-0.15, -0.1) is 0 Å². The molecular weight excluding hydrogens is 741 g/mol. The molecule has 11 aromatic rings. The van der Waals surface area contributed by atoms with Gasteiger partial charge in [0.15, 0.2) is 5.82 Å². The molecule has 0 fully saturated rings. The molecule has 0 spiro atoms. The molecule has 0 atom stereocenters. The summed E-state index contributed by atoms with van der Waals surface area (Å²) in [6, 6.07) is 74.3. The van der Waals surface area contributed by atoms with Crippen LogP contribution in [0.2, 0.25) is 0 Å². The quantitative estimate of drug-likeness (QED) is 0.174. The lowest BCUT2D eigenvalue weighted by Gasteiger charge is -2.42. The van der Waals surface area contributed by atoms with Crippen molar-refractivity contribution in [2.45, 2.75) is 19.3 Å². The summed E-state index contributed by atoms with van der Waals surface area (Å²) in [7, 11) is 0. The van der Waals surface area contributed by atoms with Crippen molar-refractivity contribution in [2.75, 3.05) is 4.90 Å². The third-order valence-electron chi connectivity index (χ3n) is 12.7. The van der Waals surface area contributed by atoms with Crippen molar-refractivity contribution >= 4 is 60.5 Å². The summed E-state index contributed by atoms with van der Waals surface area (Å²) in [6.07, 6.45) is 0. The largest absolute Gasteiger partial charge is 0.310 e. The second kappa shape index (κ2) is 13.6. The smallest absolute Gasteiger partial charge is 0.160 e. The Labute approximate surface area is 354 Å². The lowest BCUT2D eigenvalue weighted by Crippen LogP contribution is -2.30. The highest BCUT2D eigenvalue weighted by Gasteiger charge is 2.37. The van der Waals surface area contributed by atoms with Crippen LogP contribution in [0.5, 0.6) is 0 Å². The van der Waals surface area contributed by atoms with Crippen LogP contribution in [0.1, 0.15) is 25.0 Å². The number of rotatable bonds is 5. The van der Waals surface area contributed by atoms with Gasteiger partial charge in [0.2, 0.25) is 0 Å². The molecule has 0 aliphatic carbocycles. The molecule has 288 valence electrons. The molecule has 0 radical (unpaired) electrons. The van der Waals surface area contributed by atoms with Crippen molar-refractivity contribution in [2.24, 2.45) is 0 Å². The van der Waals surface area contributed by atoms with Crippen LogP contribution in [0.4, 0.5) is 17.1 Å². The molecule has 12 rings (SSSR count). The zero-order valence-electron chi connectivity index (χ0n) is 33.9. The molecule has 4 nitrogen and oxygen atoms in total. The van der Waals surface area contributed by atoms with E-state index in [1.165, 1.54) is 55.2 Å². The van der Waals surface area contributed by atoms with Crippen LogP contribution in [0.3, 0.4) is 0 Å². The van der Waals surface area contributed by atoms with E-state index < -0.39 is 0 Å². The van der Waals surface area contributed by atoms with Crippen LogP contribution >= 0.6 is 0 Å². The summed E-state index contributed by atoms with van der Waals surface area (Å²) in [4.78, 5) is 12.8. The van der Waals surface area contributed by atoms with Gasteiger partial charge in [-0.1, -0.05) is 153 Å². The fourth-order valence-corrected chi connectivity index (χ4v) is 9.79. The van der Waals surface area contributed by atoms with E-state index in [1.807, 2.05) is 12.1 Å². The third-order valence-corrected chi connectivity index (χ3v) is 12.7. The topological polar surface area (TPSA) is 34.0 Å². The molecule has 61 heavy (non-hydrogen) atoms. The maximum atomic E-state index is 5.23. The van der Waals surface area contributed by atoms with Crippen molar-refractivity contribution in [3.8, 4) is 39.5 Å². The third kappa shape index (κ3) is 5.53. The Morgan fingerprint density at radius 3 is 1.93 bits per heavy atom. The number of nitrogens with zero attached hydrogens (tertiary/aromatic N) is 4. The van der Waals surface area contributed by atoms with Crippen LogP contribution in [-0.2, 0) is 5.41 Å². The molecule has 1 aliphatic rings. The predicted molar refractivity (Wildman–Crippen MR) is 255 cm³/mol. The Kier molecular flexibility index (Phi) is 7.85. The Morgan fingerprint density at radius 2 is 1.07 bits per heavy atom. The molecule has 0 N–H and O–H groups in total. The second-order valence-electron chi connectivity index (χ2n) is 16.6. The fraction of sp³-hybridized carbons (Fsp3) is 0.0526. The van der Waals surface area contributed by atoms with E-state index in [0.717, 1.165) is 50.1 Å². The van der Waals surface area contributed by atoms with E-state index in [-0.39, 0.29) is 5.41 Å². The molecule has 0 saturated heterocycles. The summed E-state index contributed by atoms with van der Waals surface area (Å²) in [5.41, 5.74) is 15.7. The van der Waals surface area contributed by atoms with Crippen molar-refractivity contribution in [3.63, 3.8) is 0 Å². The van der Waals surface area contributed by atoms with Crippen LogP contribution in [0, 0.1) is 0 Å². The van der Waals surface area contributed by atoms with E-state index in [1.54, 1.807) is 0 Å². The van der Waals surface area contributed by atoms with Gasteiger partial charge >= 0.3 is 0 Å². The number of anilines is 3. The fourth-order valence-electron chi connectivity index (χ4n) is 9.79. The molecule has 3 heterocycles. The van der Waals surface area contributed by atoms with Crippen molar-refractivity contribution < 1.29 is 0 Å². The SMILES string of the molecule is CC1(C)c2ccccc2N(c2ccccc2)c2ccc(-c3ccc4c(c3)c3c5ccccc5ccc3n4-c3cccc(-c4nc(-c5ccccc5)c5ccccc5n4)c3)cc21. The molecular formula is C57H40N4. The van der Waals surface area contributed by atoms with Crippen molar-refractivity contribution in [1.82, 2.24) is 14.5 Å². The van der Waals surface area contributed by atoms with Crippen LogP contribution in [-0.4, -0.2) is 14.5 Å². The van der Waals surface area contributed by atoms with Gasteiger partial charge in [0.05, 0.1) is 33.6 Å². The number of hydrogen-bond acceptors (Lipinski definition) is 3. The van der Waals surface area contributed by atoms with E-state index >= 15 is 0 Å². The first-order chi connectivity index (χ1) is 30.0. The molecule has 0 saturated carbocycles. The van der Waals surface area contributed by atoms with Gasteiger partial charge in [-0.05, 0) is 99.8 Å². The first kappa shape index (κ1) is 35.2. The summed E-state index contributed by atoms with van der Waals surface area (Å²) in [5.74, 6) is 0.705. The Balaban J connectivity index is 1.04. The monoisotopic (exact) mass is 780 g/mol. The Morgan fingerprint density at radius 1 is 0.410 bits per heavy atom. The van der Waals surface area contributed by atoms with Gasteiger partial charge in [-0.2, -0.15) is 0 Å². The van der Waals surface area contributed by atoms with Gasteiger partial charge < -0.3 is 9.47 Å². The number of aromatic nitrogens is 3. The van der Waals surface area contributed by atoms with Crippen molar-refractivity contribution in [1.29, 1.82) is 0 Å². The molecule has 2 aromatic heterocycles. The van der Waals surface area contributed by atoms with Gasteiger partial charge in [0, 0.05) is 44.1 Å². The van der Waals surface area contributed by atoms with Gasteiger partial charge in [0.25, 0.3) is 0 Å². The second-order valence-corrected chi connectivity index (χ2v) is 16.6. The highest BCUT2D eigenvalue weighted by Crippen LogP contribution is 2.52. The standard InChI is InChI=1S/C57H40N4/c1-57(2)47-25-12-14-27-51(47)60(42-20-7-4-8-21-42)52-32-30-40(36-48(52)57)39-29-31-50-46(35-39)54-44-23-10-9-16-37(44)28-33-53(54)61(50)43-22-15-19-41(34-43)56-58-49-26-13-11-24-45(49)55(59-56)38-17-5-3-6-18-38/h3-36H,1-2H3. The highest BCUT2D eigenvalue weighted by molar-refractivity contribution is 6.22. The van der Waals surface area contributed by atoms with Gasteiger partial charge in [-0.3, -0.25) is 0 Å². The molecule has 1 aliphatic heterocycles. The maximum absolute atomic E-state index is 5.23. The molecule has 9 aromatic carbocycles. The van der Waals surface area contributed by atoms with E-state index in [9.17, 15) is 0 Å². The van der Waals surface area contributed by atoms with Crippen LogP contribution in [0.25, 0.3) is 82.9 Å². The number of benzene rings is 9. The lowest BCUT2D eigenvalue weighted by molar-refractivity contribution is 0.632. The average Bonchev–Trinajstić information content (AvgIpc) is 3.66. The lowest BCUT2D eigenvalue weighted by atomic mass is 9.73. The number of para-hydroxylation sites is 3. The van der Waals surface area contributed by atoms with E-state index in [4.69, 9.17) is 9.97 Å². The minimum Gasteiger partial charge on any atom is -0.310 e. The number of hydrogen-bond donors (Lipinski definition) is 0. The van der Waals surface area contributed by atoms with Gasteiger partial charge in [-0.25, -0.2) is 9.97 Å². The minimum atomic E-state index is -0.203. The summed E-state index contributed by atoms with van der Waals surface area (Å²) in [5, 5.41) is 5.97. The summed E-state index contributed by atoms with van der Waals surface area (Å²) < 4.78 is 2.41. The van der Waals surface area contributed by atoms with Crippen LogP contribution in [0.15, 0.2) is 206 Å². The highest BCUT2D eigenvalue weighted by atomic mass is 15.2. The average molecular weight is 781 g/mol. The normalized spacial score (nSPS) is 13.2. The predicted octanol–water partition coefficient (Wildman–Crippen LogP) is 15.0. The van der Waals surface area contributed by atoms with Gasteiger partial charge in [0.1, 0.15) is 0 Å². The van der Waals surface area contributed by atoms with Crippen molar-refractivity contribution in [3.05, 3.63) is 217 Å². The molecule has 0 amide bonds. The van der Waals surface area contributed by atoms with Crippen LogP contribution < -0.4 is 4.90 Å². The van der Waals surface area contributed by atoms with E-state index in [2.05, 4.69) is 217 Å². The first-order valence-corrected chi connectivity index (χ1v) is 21.0. The Hall–Kier alpha value is -7.82. The first-order valence-electron chi connectivity index (χ1n) is 21.0. The molecule has 4 heteroatoms.